The standard InChI is InChI=1S/C18H18FN3/c19-15-4-1-13(2-5-15)14-3-6-17-18(11-14)22-10-9-20-12-16(22)7-8-21-17/h1-6,8,11,16,20H,7,9-10,12H2. The largest absolute Gasteiger partial charge is 0.364 e. The van der Waals surface area contributed by atoms with Gasteiger partial charge in [-0.3, -0.25) is 4.99 Å². The van der Waals surface area contributed by atoms with Crippen molar-refractivity contribution in [3.05, 3.63) is 48.3 Å². The van der Waals surface area contributed by atoms with E-state index in [1.54, 1.807) is 0 Å². The predicted molar refractivity (Wildman–Crippen MR) is 88.6 cm³/mol. The Morgan fingerprint density at radius 1 is 1.09 bits per heavy atom. The molecule has 1 atom stereocenters. The van der Waals surface area contributed by atoms with Gasteiger partial charge in [0.25, 0.3) is 0 Å². The second-order valence-electron chi connectivity index (χ2n) is 5.81. The van der Waals surface area contributed by atoms with Crippen molar-refractivity contribution in [2.75, 3.05) is 24.5 Å². The highest BCUT2D eigenvalue weighted by Gasteiger charge is 2.25. The van der Waals surface area contributed by atoms with Gasteiger partial charge in [-0.05, 0) is 35.4 Å². The number of nitrogens with zero attached hydrogens (tertiary/aromatic N) is 2. The summed E-state index contributed by atoms with van der Waals surface area (Å²) in [4.78, 5) is 7.06. The van der Waals surface area contributed by atoms with Crippen LogP contribution in [0, 0.1) is 5.82 Å². The number of anilines is 1. The number of hydrogen-bond acceptors (Lipinski definition) is 3. The number of fused-ring (bicyclic) bond motifs is 3. The maximum Gasteiger partial charge on any atom is 0.123 e. The molecule has 112 valence electrons. The van der Waals surface area contributed by atoms with E-state index in [1.807, 2.05) is 18.3 Å². The fourth-order valence-corrected chi connectivity index (χ4v) is 3.25. The Bertz CT molecular complexity index is 709. The van der Waals surface area contributed by atoms with Crippen LogP contribution < -0.4 is 10.2 Å². The minimum absolute atomic E-state index is 0.203. The second kappa shape index (κ2) is 5.54. The Balaban J connectivity index is 1.77. The predicted octanol–water partition coefficient (Wildman–Crippen LogP) is 3.38. The summed E-state index contributed by atoms with van der Waals surface area (Å²) in [5.41, 5.74) is 4.34. The first-order chi connectivity index (χ1) is 10.8. The highest BCUT2D eigenvalue weighted by molar-refractivity contribution is 5.81. The van der Waals surface area contributed by atoms with Gasteiger partial charge in [0.2, 0.25) is 0 Å². The molecule has 4 heteroatoms. The van der Waals surface area contributed by atoms with Crippen LogP contribution in [0.25, 0.3) is 11.1 Å². The third-order valence-electron chi connectivity index (χ3n) is 4.42. The van der Waals surface area contributed by atoms with E-state index in [1.165, 1.54) is 17.8 Å². The maximum atomic E-state index is 13.1. The van der Waals surface area contributed by atoms with Crippen LogP contribution in [0.1, 0.15) is 6.42 Å². The second-order valence-corrected chi connectivity index (χ2v) is 5.81. The first-order valence-electron chi connectivity index (χ1n) is 7.71. The molecule has 2 aliphatic heterocycles. The SMILES string of the molecule is Fc1ccc(-c2ccc3c(c2)N2CCNCC2CC=N3)cc1. The molecule has 4 rings (SSSR count). The fourth-order valence-electron chi connectivity index (χ4n) is 3.25. The first kappa shape index (κ1) is 13.5. The lowest BCUT2D eigenvalue weighted by Crippen LogP contribution is -2.51. The molecule has 0 aromatic heterocycles. The average Bonchev–Trinajstić information content (AvgIpc) is 2.74. The van der Waals surface area contributed by atoms with Gasteiger partial charge in [-0.2, -0.15) is 0 Å². The molecule has 2 aromatic carbocycles. The highest BCUT2D eigenvalue weighted by Crippen LogP contribution is 2.36. The molecule has 0 spiro atoms. The van der Waals surface area contributed by atoms with Crippen LogP contribution in [0.5, 0.6) is 0 Å². The monoisotopic (exact) mass is 295 g/mol. The van der Waals surface area contributed by atoms with Gasteiger partial charge in [0.1, 0.15) is 5.82 Å². The first-order valence-corrected chi connectivity index (χ1v) is 7.71. The molecule has 1 unspecified atom stereocenters. The van der Waals surface area contributed by atoms with E-state index in [2.05, 4.69) is 33.4 Å². The molecule has 1 fully saturated rings. The summed E-state index contributed by atoms with van der Waals surface area (Å²) in [6, 6.07) is 13.4. The highest BCUT2D eigenvalue weighted by atomic mass is 19.1. The van der Waals surface area contributed by atoms with Crippen LogP contribution >= 0.6 is 0 Å². The lowest BCUT2D eigenvalue weighted by molar-refractivity contribution is 0.489. The van der Waals surface area contributed by atoms with Crippen molar-refractivity contribution in [3.8, 4) is 11.1 Å². The third kappa shape index (κ3) is 2.40. The topological polar surface area (TPSA) is 27.6 Å². The minimum Gasteiger partial charge on any atom is -0.364 e. The van der Waals surface area contributed by atoms with Gasteiger partial charge in [-0.15, -0.1) is 0 Å². The van der Waals surface area contributed by atoms with E-state index in [4.69, 9.17) is 0 Å². The van der Waals surface area contributed by atoms with Gasteiger partial charge in [-0.1, -0.05) is 18.2 Å². The molecule has 2 aromatic rings. The van der Waals surface area contributed by atoms with Crippen LogP contribution in [0.3, 0.4) is 0 Å². The maximum absolute atomic E-state index is 13.1. The summed E-state index contributed by atoms with van der Waals surface area (Å²) in [6.45, 7) is 2.98. The van der Waals surface area contributed by atoms with Crippen molar-refractivity contribution in [3.63, 3.8) is 0 Å². The molecule has 3 nitrogen and oxygen atoms in total. The van der Waals surface area contributed by atoms with Crippen LogP contribution in [-0.4, -0.2) is 31.9 Å². The van der Waals surface area contributed by atoms with Crippen LogP contribution in [0.4, 0.5) is 15.8 Å². The number of benzene rings is 2. The van der Waals surface area contributed by atoms with E-state index in [-0.39, 0.29) is 5.82 Å². The summed E-state index contributed by atoms with van der Waals surface area (Å²) >= 11 is 0. The summed E-state index contributed by atoms with van der Waals surface area (Å²) in [5.74, 6) is -0.203. The smallest absolute Gasteiger partial charge is 0.123 e. The van der Waals surface area contributed by atoms with Gasteiger partial charge >= 0.3 is 0 Å². The van der Waals surface area contributed by atoms with Crippen molar-refractivity contribution < 1.29 is 4.39 Å². The summed E-state index contributed by atoms with van der Waals surface area (Å²) in [5, 5.41) is 3.45. The molecular formula is C18H18FN3. The summed E-state index contributed by atoms with van der Waals surface area (Å²) in [7, 11) is 0. The van der Waals surface area contributed by atoms with E-state index < -0.39 is 0 Å². The lowest BCUT2D eigenvalue weighted by Gasteiger charge is -2.37. The van der Waals surface area contributed by atoms with Gasteiger partial charge in [0.15, 0.2) is 0 Å². The quantitative estimate of drug-likeness (QED) is 0.873. The fraction of sp³-hybridized carbons (Fsp3) is 0.278. The van der Waals surface area contributed by atoms with Gasteiger partial charge in [0, 0.05) is 38.3 Å². The summed E-state index contributed by atoms with van der Waals surface area (Å²) in [6.07, 6.45) is 2.99. The minimum atomic E-state index is -0.203. The molecule has 0 radical (unpaired) electrons. The molecule has 2 heterocycles. The van der Waals surface area contributed by atoms with Crippen LogP contribution in [0.15, 0.2) is 47.5 Å². The molecule has 0 bridgehead atoms. The van der Waals surface area contributed by atoms with E-state index in [0.29, 0.717) is 6.04 Å². The molecule has 22 heavy (non-hydrogen) atoms. The van der Waals surface area contributed by atoms with Crippen molar-refractivity contribution in [2.24, 2.45) is 4.99 Å². The Hall–Kier alpha value is -2.20. The molecule has 1 saturated heterocycles. The zero-order chi connectivity index (χ0) is 14.9. The summed E-state index contributed by atoms with van der Waals surface area (Å²) < 4.78 is 13.1. The molecular weight excluding hydrogens is 277 g/mol. The third-order valence-corrected chi connectivity index (χ3v) is 4.42. The zero-order valence-electron chi connectivity index (χ0n) is 12.3. The number of hydrogen-bond donors (Lipinski definition) is 1. The van der Waals surface area contributed by atoms with E-state index in [0.717, 1.165) is 42.9 Å². The Labute approximate surface area is 129 Å². The Morgan fingerprint density at radius 2 is 1.91 bits per heavy atom. The number of halogens is 1. The van der Waals surface area contributed by atoms with Crippen molar-refractivity contribution >= 4 is 17.6 Å². The average molecular weight is 295 g/mol. The zero-order valence-corrected chi connectivity index (χ0v) is 12.3. The van der Waals surface area contributed by atoms with Crippen molar-refractivity contribution in [2.45, 2.75) is 12.5 Å². The van der Waals surface area contributed by atoms with Crippen LogP contribution in [0.2, 0.25) is 0 Å². The van der Waals surface area contributed by atoms with E-state index in [9.17, 15) is 4.39 Å². The van der Waals surface area contributed by atoms with Crippen LogP contribution in [-0.2, 0) is 0 Å². The Kier molecular flexibility index (Phi) is 3.39. The number of rotatable bonds is 1. The number of piperazine rings is 1. The molecule has 0 aliphatic carbocycles. The van der Waals surface area contributed by atoms with Gasteiger partial charge in [-0.25, -0.2) is 4.39 Å². The molecule has 1 N–H and O–H groups in total. The number of aliphatic imine (C=N–C) groups is 1. The number of nitrogens with one attached hydrogen (secondary N) is 1. The van der Waals surface area contributed by atoms with Gasteiger partial charge in [0.05, 0.1) is 11.4 Å². The molecule has 2 aliphatic rings. The normalized spacial score (nSPS) is 20.2. The Morgan fingerprint density at radius 3 is 2.77 bits per heavy atom. The van der Waals surface area contributed by atoms with Crippen molar-refractivity contribution in [1.82, 2.24) is 5.32 Å². The van der Waals surface area contributed by atoms with Crippen molar-refractivity contribution in [1.29, 1.82) is 0 Å². The lowest BCUT2D eigenvalue weighted by atomic mass is 10.0. The van der Waals surface area contributed by atoms with E-state index >= 15 is 0 Å². The molecule has 0 amide bonds. The molecule has 0 saturated carbocycles. The van der Waals surface area contributed by atoms with Gasteiger partial charge < -0.3 is 10.2 Å².